The number of fused-ring (bicyclic) bond motifs is 3. The second-order valence-electron chi connectivity index (χ2n) is 5.85. The van der Waals surface area contributed by atoms with Crippen molar-refractivity contribution in [2.45, 2.75) is 50.0 Å². The predicted molar refractivity (Wildman–Crippen MR) is 92.1 cm³/mol. The van der Waals surface area contributed by atoms with Gasteiger partial charge in [-0.2, -0.15) is 4.72 Å². The monoisotopic (exact) mass is 352 g/mol. The smallest absolute Gasteiger partial charge is 0.241 e. The largest absolute Gasteiger partial charge is 0.368 e. The van der Waals surface area contributed by atoms with Crippen LogP contribution in [0.1, 0.15) is 36.6 Å². The Morgan fingerprint density at radius 3 is 2.78 bits per heavy atom. The van der Waals surface area contributed by atoms with Gasteiger partial charge in [0.15, 0.2) is 0 Å². The van der Waals surface area contributed by atoms with Crippen molar-refractivity contribution in [2.24, 2.45) is 5.73 Å². The van der Waals surface area contributed by atoms with Gasteiger partial charge in [-0.3, -0.25) is 4.79 Å². The van der Waals surface area contributed by atoms with Crippen molar-refractivity contribution < 1.29 is 13.2 Å². The van der Waals surface area contributed by atoms with Gasteiger partial charge in [-0.25, -0.2) is 8.42 Å². The molecule has 0 saturated carbocycles. The predicted octanol–water partition coefficient (Wildman–Crippen LogP) is 2.32. The number of nitrogens with one attached hydrogen (secondary N) is 1. The zero-order valence-electron chi connectivity index (χ0n) is 13.0. The number of rotatable bonds is 5. The number of carbonyl (C=O) groups excluding carboxylic acids is 1. The van der Waals surface area contributed by atoms with Gasteiger partial charge in [0.05, 0.1) is 4.90 Å². The van der Waals surface area contributed by atoms with E-state index in [2.05, 4.69) is 4.72 Å². The first-order valence-corrected chi connectivity index (χ1v) is 10.1. The summed E-state index contributed by atoms with van der Waals surface area (Å²) in [5.41, 5.74) is 6.60. The van der Waals surface area contributed by atoms with Crippen LogP contribution >= 0.6 is 11.3 Å². The molecule has 1 amide bonds. The van der Waals surface area contributed by atoms with E-state index in [9.17, 15) is 13.2 Å². The van der Waals surface area contributed by atoms with Crippen molar-refractivity contribution in [1.29, 1.82) is 0 Å². The first-order chi connectivity index (χ1) is 10.9. The van der Waals surface area contributed by atoms with Crippen LogP contribution in [0.4, 0.5) is 0 Å². The van der Waals surface area contributed by atoms with Crippen molar-refractivity contribution >= 4 is 37.4 Å². The molecule has 0 aliphatic heterocycles. The standard InChI is InChI=1S/C16H20N2O3S2/c1-2-13(16(17)19)18-23(20,21)10-7-8-12-11-5-3-4-6-14(11)22-15(12)9-10/h7-9,13,18H,2-6H2,1H3,(H2,17,19). The summed E-state index contributed by atoms with van der Waals surface area (Å²) >= 11 is 1.68. The lowest BCUT2D eigenvalue weighted by Gasteiger charge is -2.13. The Morgan fingerprint density at radius 1 is 1.35 bits per heavy atom. The van der Waals surface area contributed by atoms with E-state index >= 15 is 0 Å². The van der Waals surface area contributed by atoms with Crippen molar-refractivity contribution in [3.63, 3.8) is 0 Å². The third kappa shape index (κ3) is 3.13. The fourth-order valence-electron chi connectivity index (χ4n) is 3.01. The lowest BCUT2D eigenvalue weighted by Crippen LogP contribution is -2.43. The maximum Gasteiger partial charge on any atom is 0.241 e. The van der Waals surface area contributed by atoms with E-state index in [4.69, 9.17) is 5.73 Å². The molecular formula is C16H20N2O3S2. The fourth-order valence-corrected chi connectivity index (χ4v) is 5.73. The molecule has 5 nitrogen and oxygen atoms in total. The van der Waals surface area contributed by atoms with E-state index < -0.39 is 22.0 Å². The van der Waals surface area contributed by atoms with Crippen LogP contribution in [0.3, 0.4) is 0 Å². The quantitative estimate of drug-likeness (QED) is 0.865. The van der Waals surface area contributed by atoms with Gasteiger partial charge in [0.2, 0.25) is 15.9 Å². The van der Waals surface area contributed by atoms with E-state index in [-0.39, 0.29) is 4.90 Å². The molecule has 0 spiro atoms. The highest BCUT2D eigenvalue weighted by Gasteiger charge is 2.24. The molecule has 2 aromatic rings. The normalized spacial score (nSPS) is 16.2. The van der Waals surface area contributed by atoms with E-state index in [0.29, 0.717) is 6.42 Å². The molecular weight excluding hydrogens is 332 g/mol. The molecule has 3 N–H and O–H groups in total. The van der Waals surface area contributed by atoms with Crippen molar-refractivity contribution in [3.05, 3.63) is 28.6 Å². The summed E-state index contributed by atoms with van der Waals surface area (Å²) in [5, 5.41) is 1.16. The highest BCUT2D eigenvalue weighted by molar-refractivity contribution is 7.89. The summed E-state index contributed by atoms with van der Waals surface area (Å²) in [7, 11) is -3.75. The number of carbonyl (C=O) groups is 1. The SMILES string of the molecule is CCC(NS(=O)(=O)c1ccc2c3c(sc2c1)CCCC3)C(N)=O. The molecule has 0 radical (unpaired) electrons. The van der Waals surface area contributed by atoms with Gasteiger partial charge < -0.3 is 5.73 Å². The number of thiophene rings is 1. The van der Waals surface area contributed by atoms with E-state index in [1.807, 2.05) is 6.07 Å². The molecule has 0 bridgehead atoms. The number of nitrogens with two attached hydrogens (primary N) is 1. The molecule has 1 aromatic carbocycles. The Kier molecular flexibility index (Phi) is 4.44. The Labute approximate surface area is 139 Å². The van der Waals surface area contributed by atoms with Gasteiger partial charge in [0.1, 0.15) is 6.04 Å². The maximum absolute atomic E-state index is 12.5. The molecule has 1 aliphatic carbocycles. The van der Waals surface area contributed by atoms with Gasteiger partial charge in [-0.05, 0) is 55.2 Å². The van der Waals surface area contributed by atoms with Gasteiger partial charge in [-0.1, -0.05) is 13.0 Å². The van der Waals surface area contributed by atoms with Crippen LogP contribution in [0, 0.1) is 0 Å². The first-order valence-electron chi connectivity index (χ1n) is 7.78. The average Bonchev–Trinajstić information content (AvgIpc) is 2.90. The molecule has 1 atom stereocenters. The number of aryl methyl sites for hydroxylation is 2. The van der Waals surface area contributed by atoms with Crippen molar-refractivity contribution in [1.82, 2.24) is 4.72 Å². The highest BCUT2D eigenvalue weighted by Crippen LogP contribution is 2.37. The third-order valence-corrected chi connectivity index (χ3v) is 7.01. The Morgan fingerprint density at radius 2 is 2.09 bits per heavy atom. The second kappa shape index (κ2) is 6.22. The van der Waals surface area contributed by atoms with Crippen LogP contribution in [-0.2, 0) is 27.7 Å². The number of benzene rings is 1. The number of sulfonamides is 1. The molecule has 23 heavy (non-hydrogen) atoms. The highest BCUT2D eigenvalue weighted by atomic mass is 32.2. The second-order valence-corrected chi connectivity index (χ2v) is 8.70. The minimum Gasteiger partial charge on any atom is -0.368 e. The van der Waals surface area contributed by atoms with Crippen LogP contribution in [0.25, 0.3) is 10.1 Å². The van der Waals surface area contributed by atoms with Crippen molar-refractivity contribution in [3.8, 4) is 0 Å². The number of hydrogen-bond donors (Lipinski definition) is 2. The summed E-state index contributed by atoms with van der Waals surface area (Å²) < 4.78 is 28.3. The molecule has 124 valence electrons. The Balaban J connectivity index is 1.98. The van der Waals surface area contributed by atoms with E-state index in [1.54, 1.807) is 30.4 Å². The summed E-state index contributed by atoms with van der Waals surface area (Å²) in [6, 6.07) is 4.32. The minimum absolute atomic E-state index is 0.184. The van der Waals surface area contributed by atoms with Crippen LogP contribution in [0.15, 0.2) is 23.1 Å². The van der Waals surface area contributed by atoms with Crippen molar-refractivity contribution in [2.75, 3.05) is 0 Å². The topological polar surface area (TPSA) is 89.3 Å². The average molecular weight is 352 g/mol. The summed E-state index contributed by atoms with van der Waals surface area (Å²) in [5.74, 6) is -0.663. The molecule has 0 saturated heterocycles. The Bertz CT molecular complexity index is 856. The minimum atomic E-state index is -3.75. The maximum atomic E-state index is 12.5. The molecule has 1 aromatic heterocycles. The number of primary amides is 1. The number of hydrogen-bond acceptors (Lipinski definition) is 4. The van der Waals surface area contributed by atoms with Gasteiger partial charge in [-0.15, -0.1) is 11.3 Å². The lowest BCUT2D eigenvalue weighted by atomic mass is 9.96. The van der Waals surface area contributed by atoms with Crippen LogP contribution in [-0.4, -0.2) is 20.4 Å². The summed E-state index contributed by atoms with van der Waals surface area (Å²) in [6.45, 7) is 1.72. The zero-order valence-corrected chi connectivity index (χ0v) is 14.6. The van der Waals surface area contributed by atoms with Gasteiger partial charge in [0, 0.05) is 9.58 Å². The fraction of sp³-hybridized carbons (Fsp3) is 0.438. The van der Waals surface area contributed by atoms with E-state index in [1.165, 1.54) is 23.3 Å². The summed E-state index contributed by atoms with van der Waals surface area (Å²) in [6.07, 6.45) is 4.86. The Hall–Kier alpha value is -1.44. The summed E-state index contributed by atoms with van der Waals surface area (Å²) in [4.78, 5) is 12.8. The third-order valence-electron chi connectivity index (χ3n) is 4.29. The lowest BCUT2D eigenvalue weighted by molar-refractivity contribution is -0.119. The molecule has 7 heteroatoms. The van der Waals surface area contributed by atoms with Gasteiger partial charge in [0.25, 0.3) is 0 Å². The van der Waals surface area contributed by atoms with Crippen LogP contribution in [0.2, 0.25) is 0 Å². The molecule has 3 rings (SSSR count). The molecule has 0 fully saturated rings. The van der Waals surface area contributed by atoms with Crippen LogP contribution < -0.4 is 10.5 Å². The molecule has 1 heterocycles. The first kappa shape index (κ1) is 16.4. The van der Waals surface area contributed by atoms with Crippen LogP contribution in [0.5, 0.6) is 0 Å². The van der Waals surface area contributed by atoms with Gasteiger partial charge >= 0.3 is 0 Å². The molecule has 1 unspecified atom stereocenters. The number of amides is 1. The van der Waals surface area contributed by atoms with E-state index in [0.717, 1.165) is 22.9 Å². The molecule has 1 aliphatic rings. The zero-order chi connectivity index (χ0) is 16.6.